The number of likely N-dealkylation sites (tertiary alicyclic amines) is 1. The zero-order chi connectivity index (χ0) is 14.4. The number of hydrogen-bond acceptors (Lipinski definition) is 3. The standard InChI is InChI=1S/C16H31N3O/c1-3-10-19-11-6-14(7-12-19)13(2)17-8-9-18-16(20)15-4-5-15/h13-15,17H,3-12H2,1-2H3,(H,18,20). The molecular weight excluding hydrogens is 250 g/mol. The van der Waals surface area contributed by atoms with Gasteiger partial charge >= 0.3 is 0 Å². The molecule has 4 heteroatoms. The van der Waals surface area contributed by atoms with Crippen LogP contribution in [0.5, 0.6) is 0 Å². The van der Waals surface area contributed by atoms with E-state index in [1.54, 1.807) is 0 Å². The van der Waals surface area contributed by atoms with Crippen molar-refractivity contribution < 1.29 is 4.79 Å². The number of carbonyl (C=O) groups excluding carboxylic acids is 1. The lowest BCUT2D eigenvalue weighted by atomic mass is 9.90. The van der Waals surface area contributed by atoms with E-state index in [1.165, 1.54) is 38.9 Å². The van der Waals surface area contributed by atoms with E-state index >= 15 is 0 Å². The molecule has 1 aliphatic carbocycles. The minimum absolute atomic E-state index is 0.257. The van der Waals surface area contributed by atoms with Crippen LogP contribution in [0, 0.1) is 11.8 Å². The van der Waals surface area contributed by atoms with Crippen molar-refractivity contribution in [1.82, 2.24) is 15.5 Å². The fraction of sp³-hybridized carbons (Fsp3) is 0.938. The summed E-state index contributed by atoms with van der Waals surface area (Å²) >= 11 is 0. The maximum atomic E-state index is 11.5. The van der Waals surface area contributed by atoms with E-state index in [4.69, 9.17) is 0 Å². The minimum atomic E-state index is 0.257. The maximum Gasteiger partial charge on any atom is 0.223 e. The van der Waals surface area contributed by atoms with E-state index in [1.807, 2.05) is 0 Å². The molecule has 0 bridgehead atoms. The van der Waals surface area contributed by atoms with Crippen LogP contribution in [0.15, 0.2) is 0 Å². The largest absolute Gasteiger partial charge is 0.355 e. The molecule has 1 aliphatic heterocycles. The minimum Gasteiger partial charge on any atom is -0.355 e. The Labute approximate surface area is 123 Å². The molecule has 1 unspecified atom stereocenters. The summed E-state index contributed by atoms with van der Waals surface area (Å²) < 4.78 is 0. The van der Waals surface area contributed by atoms with Crippen LogP contribution >= 0.6 is 0 Å². The van der Waals surface area contributed by atoms with Crippen molar-refractivity contribution in [2.75, 3.05) is 32.7 Å². The van der Waals surface area contributed by atoms with Crippen LogP contribution in [0.25, 0.3) is 0 Å². The topological polar surface area (TPSA) is 44.4 Å². The number of hydrogen-bond donors (Lipinski definition) is 2. The summed E-state index contributed by atoms with van der Waals surface area (Å²) in [7, 11) is 0. The second-order valence-electron chi connectivity index (χ2n) is 6.49. The highest BCUT2D eigenvalue weighted by atomic mass is 16.2. The van der Waals surface area contributed by atoms with Crippen molar-refractivity contribution >= 4 is 5.91 Å². The maximum absolute atomic E-state index is 11.5. The van der Waals surface area contributed by atoms with Crippen LogP contribution in [0.4, 0.5) is 0 Å². The van der Waals surface area contributed by atoms with E-state index in [0.717, 1.165) is 31.8 Å². The van der Waals surface area contributed by atoms with Crippen LogP contribution in [0.3, 0.4) is 0 Å². The van der Waals surface area contributed by atoms with Crippen LogP contribution in [0.2, 0.25) is 0 Å². The highest BCUT2D eigenvalue weighted by molar-refractivity contribution is 5.80. The van der Waals surface area contributed by atoms with Gasteiger partial charge in [-0.1, -0.05) is 6.92 Å². The summed E-state index contributed by atoms with van der Waals surface area (Å²) in [6.45, 7) is 9.98. The van der Waals surface area contributed by atoms with E-state index in [0.29, 0.717) is 12.0 Å². The molecule has 0 aromatic heterocycles. The summed E-state index contributed by atoms with van der Waals surface area (Å²) in [5, 5.41) is 6.60. The van der Waals surface area contributed by atoms with Gasteiger partial charge in [0, 0.05) is 25.0 Å². The predicted molar refractivity (Wildman–Crippen MR) is 82.7 cm³/mol. The fourth-order valence-corrected chi connectivity index (χ4v) is 3.13. The third-order valence-corrected chi connectivity index (χ3v) is 4.72. The third kappa shape index (κ3) is 5.06. The molecule has 1 saturated heterocycles. The Hall–Kier alpha value is -0.610. The highest BCUT2D eigenvalue weighted by Crippen LogP contribution is 2.28. The zero-order valence-electron chi connectivity index (χ0n) is 13.2. The molecule has 1 atom stereocenters. The molecule has 1 saturated carbocycles. The quantitative estimate of drug-likeness (QED) is 0.665. The number of nitrogens with zero attached hydrogens (tertiary/aromatic N) is 1. The summed E-state index contributed by atoms with van der Waals surface area (Å²) in [4.78, 5) is 14.1. The molecule has 2 aliphatic rings. The normalized spacial score (nSPS) is 22.7. The van der Waals surface area contributed by atoms with E-state index < -0.39 is 0 Å². The average Bonchev–Trinajstić information content (AvgIpc) is 3.29. The van der Waals surface area contributed by atoms with Crippen LogP contribution in [-0.2, 0) is 4.79 Å². The Morgan fingerprint density at radius 3 is 2.50 bits per heavy atom. The molecule has 2 fully saturated rings. The van der Waals surface area contributed by atoms with E-state index in [9.17, 15) is 4.79 Å². The Morgan fingerprint density at radius 1 is 1.20 bits per heavy atom. The van der Waals surface area contributed by atoms with Gasteiger partial charge in [0.25, 0.3) is 0 Å². The molecule has 116 valence electrons. The van der Waals surface area contributed by atoms with Gasteiger partial charge in [-0.3, -0.25) is 4.79 Å². The molecule has 0 aromatic carbocycles. The van der Waals surface area contributed by atoms with Gasteiger partial charge in [0.1, 0.15) is 0 Å². The molecule has 20 heavy (non-hydrogen) atoms. The number of carbonyl (C=O) groups is 1. The Balaban J connectivity index is 1.53. The Bertz CT molecular complexity index is 296. The van der Waals surface area contributed by atoms with Gasteiger partial charge in [0.15, 0.2) is 0 Å². The van der Waals surface area contributed by atoms with Gasteiger partial charge in [-0.2, -0.15) is 0 Å². The summed E-state index contributed by atoms with van der Waals surface area (Å²) in [5.74, 6) is 1.38. The second kappa shape index (κ2) is 7.99. The lowest BCUT2D eigenvalue weighted by Crippen LogP contribution is -2.44. The molecule has 1 amide bonds. The first kappa shape index (κ1) is 15.8. The molecule has 2 N–H and O–H groups in total. The SMILES string of the molecule is CCCN1CCC(C(C)NCCNC(=O)C2CC2)CC1. The second-order valence-corrected chi connectivity index (χ2v) is 6.49. The Morgan fingerprint density at radius 2 is 1.90 bits per heavy atom. The number of amides is 1. The molecule has 0 aromatic rings. The summed E-state index contributed by atoms with van der Waals surface area (Å²) in [5.41, 5.74) is 0. The van der Waals surface area contributed by atoms with Gasteiger partial charge in [-0.05, 0) is 64.6 Å². The van der Waals surface area contributed by atoms with Crippen molar-refractivity contribution in [3.05, 3.63) is 0 Å². The van der Waals surface area contributed by atoms with Crippen molar-refractivity contribution in [2.45, 2.75) is 52.0 Å². The lowest BCUT2D eigenvalue weighted by Gasteiger charge is -2.35. The van der Waals surface area contributed by atoms with Gasteiger partial charge in [-0.25, -0.2) is 0 Å². The van der Waals surface area contributed by atoms with Crippen molar-refractivity contribution in [3.63, 3.8) is 0 Å². The van der Waals surface area contributed by atoms with E-state index in [2.05, 4.69) is 29.4 Å². The van der Waals surface area contributed by atoms with Crippen molar-refractivity contribution in [2.24, 2.45) is 11.8 Å². The molecule has 1 heterocycles. The van der Waals surface area contributed by atoms with Gasteiger partial charge in [0.05, 0.1) is 0 Å². The third-order valence-electron chi connectivity index (χ3n) is 4.72. The van der Waals surface area contributed by atoms with Gasteiger partial charge in [0.2, 0.25) is 5.91 Å². The summed E-state index contributed by atoms with van der Waals surface area (Å²) in [6.07, 6.45) is 6.06. The predicted octanol–water partition coefficient (Wildman–Crippen LogP) is 1.61. The molecule has 0 spiro atoms. The number of rotatable bonds is 8. The van der Waals surface area contributed by atoms with Crippen molar-refractivity contribution in [3.8, 4) is 0 Å². The first-order chi connectivity index (χ1) is 9.70. The first-order valence-electron chi connectivity index (χ1n) is 8.44. The zero-order valence-corrected chi connectivity index (χ0v) is 13.2. The fourth-order valence-electron chi connectivity index (χ4n) is 3.13. The van der Waals surface area contributed by atoms with Crippen LogP contribution < -0.4 is 10.6 Å². The highest BCUT2D eigenvalue weighted by Gasteiger charge is 2.29. The molecule has 2 rings (SSSR count). The van der Waals surface area contributed by atoms with Crippen LogP contribution in [0.1, 0.15) is 46.0 Å². The number of piperidine rings is 1. The average molecular weight is 281 g/mol. The van der Waals surface area contributed by atoms with Crippen LogP contribution in [-0.4, -0.2) is 49.6 Å². The first-order valence-corrected chi connectivity index (χ1v) is 8.44. The molecule has 4 nitrogen and oxygen atoms in total. The van der Waals surface area contributed by atoms with Crippen molar-refractivity contribution in [1.29, 1.82) is 0 Å². The molecular formula is C16H31N3O. The van der Waals surface area contributed by atoms with E-state index in [-0.39, 0.29) is 5.91 Å². The summed E-state index contributed by atoms with van der Waals surface area (Å²) in [6, 6.07) is 0.566. The smallest absolute Gasteiger partial charge is 0.223 e. The van der Waals surface area contributed by atoms with Gasteiger partial charge < -0.3 is 15.5 Å². The number of nitrogens with one attached hydrogen (secondary N) is 2. The molecule has 0 radical (unpaired) electrons. The Kier molecular flexibility index (Phi) is 6.30. The lowest BCUT2D eigenvalue weighted by molar-refractivity contribution is -0.122. The monoisotopic (exact) mass is 281 g/mol. The van der Waals surface area contributed by atoms with Gasteiger partial charge in [-0.15, -0.1) is 0 Å².